The first-order valence-electron chi connectivity index (χ1n) is 8.84. The van der Waals surface area contributed by atoms with Gasteiger partial charge in [0.15, 0.2) is 11.6 Å². The Labute approximate surface area is 161 Å². The lowest BCUT2D eigenvalue weighted by molar-refractivity contribution is 0.102. The fraction of sp³-hybridized carbons (Fsp3) is 0.316. The van der Waals surface area contributed by atoms with Gasteiger partial charge in [0.25, 0.3) is 5.91 Å². The van der Waals surface area contributed by atoms with Crippen LogP contribution >= 0.6 is 0 Å². The summed E-state index contributed by atoms with van der Waals surface area (Å²) in [4.78, 5) is 12.3. The predicted molar refractivity (Wildman–Crippen MR) is 100 cm³/mol. The average molecular weight is 412 g/mol. The predicted octanol–water partition coefficient (Wildman–Crippen LogP) is 4.43. The van der Waals surface area contributed by atoms with Gasteiger partial charge in [-0.1, -0.05) is 19.3 Å². The fourth-order valence-corrected chi connectivity index (χ4v) is 4.73. The molecule has 5 nitrogen and oxygen atoms in total. The van der Waals surface area contributed by atoms with Gasteiger partial charge in [0.05, 0.1) is 10.8 Å². The fourth-order valence-electron chi connectivity index (χ4n) is 3.16. The monoisotopic (exact) mass is 412 g/mol. The third-order valence-electron chi connectivity index (χ3n) is 4.64. The summed E-state index contributed by atoms with van der Waals surface area (Å²) in [6.07, 6.45) is 3.77. The smallest absolute Gasteiger partial charge is 0.258 e. The maximum Gasteiger partial charge on any atom is 0.258 e. The summed E-state index contributed by atoms with van der Waals surface area (Å²) in [6.45, 7) is 0. The molecule has 2 N–H and O–H groups in total. The van der Waals surface area contributed by atoms with Crippen molar-refractivity contribution in [3.05, 3.63) is 59.4 Å². The number of amides is 1. The number of nitrogens with one attached hydrogen (secondary N) is 2. The van der Waals surface area contributed by atoms with Crippen molar-refractivity contribution >= 4 is 27.3 Å². The summed E-state index contributed by atoms with van der Waals surface area (Å²) in [7, 11) is -3.66. The van der Waals surface area contributed by atoms with E-state index in [1.807, 2.05) is 0 Å². The lowest BCUT2D eigenvalue weighted by Crippen LogP contribution is -2.29. The van der Waals surface area contributed by atoms with E-state index in [4.69, 9.17) is 0 Å². The molecule has 2 aromatic carbocycles. The van der Waals surface area contributed by atoms with Crippen LogP contribution in [0.5, 0.6) is 0 Å². The first-order valence-corrected chi connectivity index (χ1v) is 10.4. The van der Waals surface area contributed by atoms with E-state index in [2.05, 4.69) is 10.0 Å². The van der Waals surface area contributed by atoms with Crippen molar-refractivity contribution in [3.8, 4) is 0 Å². The summed E-state index contributed by atoms with van der Waals surface area (Å²) in [5.74, 6) is -4.03. The van der Waals surface area contributed by atoms with E-state index in [0.29, 0.717) is 12.8 Å². The Morgan fingerprint density at radius 2 is 1.50 bits per heavy atom. The number of carbonyl (C=O) groups excluding carboxylic acids is 1. The second kappa shape index (κ2) is 8.22. The number of benzene rings is 2. The summed E-state index contributed by atoms with van der Waals surface area (Å²) in [5, 5.41) is 1.74. The second-order valence-electron chi connectivity index (χ2n) is 6.68. The minimum atomic E-state index is -3.66. The Hall–Kier alpha value is -2.55. The van der Waals surface area contributed by atoms with Crippen LogP contribution in [0.2, 0.25) is 0 Å². The molecule has 3 rings (SSSR count). The molecular weight excluding hydrogens is 393 g/mol. The highest BCUT2D eigenvalue weighted by molar-refractivity contribution is 7.93. The quantitative estimate of drug-likeness (QED) is 0.763. The Balaban J connectivity index is 1.78. The van der Waals surface area contributed by atoms with Gasteiger partial charge in [-0.05, 0) is 43.2 Å². The first-order chi connectivity index (χ1) is 13.3. The first kappa shape index (κ1) is 20.2. The van der Waals surface area contributed by atoms with Crippen LogP contribution in [0.3, 0.4) is 0 Å². The minimum Gasteiger partial charge on any atom is -0.322 e. The Morgan fingerprint density at radius 1 is 0.857 bits per heavy atom. The van der Waals surface area contributed by atoms with Gasteiger partial charge in [-0.25, -0.2) is 21.6 Å². The molecule has 0 radical (unpaired) electrons. The second-order valence-corrected chi connectivity index (χ2v) is 8.65. The number of sulfonamides is 1. The topological polar surface area (TPSA) is 75.3 Å². The molecule has 1 saturated carbocycles. The molecular formula is C19H19F3N2O3S. The normalized spacial score (nSPS) is 15.2. The largest absolute Gasteiger partial charge is 0.322 e. The molecule has 2 aromatic rings. The third-order valence-corrected chi connectivity index (χ3v) is 6.51. The highest BCUT2D eigenvalue weighted by atomic mass is 32.2. The van der Waals surface area contributed by atoms with Crippen molar-refractivity contribution in [2.75, 3.05) is 10.0 Å². The van der Waals surface area contributed by atoms with Crippen molar-refractivity contribution in [3.63, 3.8) is 0 Å². The van der Waals surface area contributed by atoms with Crippen molar-refractivity contribution in [2.45, 2.75) is 37.4 Å². The van der Waals surface area contributed by atoms with Gasteiger partial charge in [-0.3, -0.25) is 9.52 Å². The van der Waals surface area contributed by atoms with Gasteiger partial charge in [0.1, 0.15) is 5.82 Å². The maximum absolute atomic E-state index is 14.1. The van der Waals surface area contributed by atoms with Crippen molar-refractivity contribution < 1.29 is 26.4 Å². The van der Waals surface area contributed by atoms with Crippen molar-refractivity contribution in [2.24, 2.45) is 0 Å². The molecule has 9 heteroatoms. The zero-order valence-electron chi connectivity index (χ0n) is 14.8. The SMILES string of the molecule is O=C(Nc1ccc(F)c(F)c1)c1cc(NS(=O)(=O)C2CCCCC2)ccc1F. The van der Waals surface area contributed by atoms with E-state index in [-0.39, 0.29) is 11.4 Å². The highest BCUT2D eigenvalue weighted by Gasteiger charge is 2.27. The molecule has 0 aliphatic heterocycles. The summed E-state index contributed by atoms with van der Waals surface area (Å²) < 4.78 is 67.7. The van der Waals surface area contributed by atoms with E-state index in [9.17, 15) is 26.4 Å². The Morgan fingerprint density at radius 3 is 2.18 bits per heavy atom. The molecule has 0 aromatic heterocycles. The van der Waals surface area contributed by atoms with Gasteiger partial charge in [0, 0.05) is 17.4 Å². The van der Waals surface area contributed by atoms with E-state index >= 15 is 0 Å². The van der Waals surface area contributed by atoms with Gasteiger partial charge >= 0.3 is 0 Å². The van der Waals surface area contributed by atoms with Crippen LogP contribution in [0.15, 0.2) is 36.4 Å². The zero-order chi connectivity index (χ0) is 20.3. The number of hydrogen-bond acceptors (Lipinski definition) is 3. The Bertz CT molecular complexity index is 990. The lowest BCUT2D eigenvalue weighted by Gasteiger charge is -2.22. The van der Waals surface area contributed by atoms with E-state index < -0.39 is 44.2 Å². The van der Waals surface area contributed by atoms with E-state index in [0.717, 1.165) is 49.6 Å². The number of rotatable bonds is 5. The molecule has 1 amide bonds. The molecule has 0 spiro atoms. The van der Waals surface area contributed by atoms with Crippen LogP contribution in [0, 0.1) is 17.5 Å². The standard InChI is InChI=1S/C19H19F3N2O3S/c20-16-8-7-13(24-28(26,27)14-4-2-1-3-5-14)10-15(16)19(25)23-12-6-9-17(21)18(22)11-12/h6-11,14,24H,1-5H2,(H,23,25). The molecule has 150 valence electrons. The summed E-state index contributed by atoms with van der Waals surface area (Å²) in [5.41, 5.74) is -0.424. The molecule has 0 saturated heterocycles. The van der Waals surface area contributed by atoms with Crippen LogP contribution in [0.4, 0.5) is 24.5 Å². The summed E-state index contributed by atoms with van der Waals surface area (Å²) in [6, 6.07) is 5.99. The molecule has 1 aliphatic rings. The van der Waals surface area contributed by atoms with Gasteiger partial charge in [0.2, 0.25) is 10.0 Å². The molecule has 1 fully saturated rings. The number of hydrogen-bond donors (Lipinski definition) is 2. The van der Waals surface area contributed by atoms with Gasteiger partial charge in [-0.15, -0.1) is 0 Å². The van der Waals surface area contributed by atoms with Crippen molar-refractivity contribution in [1.82, 2.24) is 0 Å². The van der Waals surface area contributed by atoms with E-state index in [1.165, 1.54) is 6.07 Å². The average Bonchev–Trinajstić information content (AvgIpc) is 2.67. The zero-order valence-corrected chi connectivity index (χ0v) is 15.7. The highest BCUT2D eigenvalue weighted by Crippen LogP contribution is 2.26. The number of anilines is 2. The van der Waals surface area contributed by atoms with Crippen LogP contribution in [0.1, 0.15) is 42.5 Å². The van der Waals surface area contributed by atoms with Gasteiger partial charge in [-0.2, -0.15) is 0 Å². The van der Waals surface area contributed by atoms with Crippen LogP contribution < -0.4 is 10.0 Å². The number of halogens is 3. The van der Waals surface area contributed by atoms with Crippen molar-refractivity contribution in [1.29, 1.82) is 0 Å². The molecule has 0 bridgehead atoms. The number of carbonyl (C=O) groups is 1. The molecule has 28 heavy (non-hydrogen) atoms. The van der Waals surface area contributed by atoms with Gasteiger partial charge < -0.3 is 5.32 Å². The lowest BCUT2D eigenvalue weighted by atomic mass is 10.0. The molecule has 0 unspecified atom stereocenters. The van der Waals surface area contributed by atoms with Crippen LogP contribution in [-0.2, 0) is 10.0 Å². The maximum atomic E-state index is 14.1. The summed E-state index contributed by atoms with van der Waals surface area (Å²) >= 11 is 0. The minimum absolute atomic E-state index is 0.0578. The molecule has 1 aliphatic carbocycles. The Kier molecular flexibility index (Phi) is 5.93. The van der Waals surface area contributed by atoms with Crippen LogP contribution in [0.25, 0.3) is 0 Å². The molecule has 0 atom stereocenters. The molecule has 0 heterocycles. The third kappa shape index (κ3) is 4.64. The van der Waals surface area contributed by atoms with E-state index in [1.54, 1.807) is 0 Å². The van der Waals surface area contributed by atoms with Crippen LogP contribution in [-0.4, -0.2) is 19.6 Å².